The maximum absolute atomic E-state index is 12.0. The van der Waals surface area contributed by atoms with Gasteiger partial charge < -0.3 is 20.6 Å². The van der Waals surface area contributed by atoms with E-state index < -0.39 is 17.8 Å². The Kier molecular flexibility index (Phi) is 3.76. The van der Waals surface area contributed by atoms with Crippen LogP contribution in [0.15, 0.2) is 28.9 Å². The van der Waals surface area contributed by atoms with Gasteiger partial charge in [-0.1, -0.05) is 0 Å². The second-order valence-corrected chi connectivity index (χ2v) is 3.84. The summed E-state index contributed by atoms with van der Waals surface area (Å²) < 4.78 is 9.57. The fourth-order valence-electron chi connectivity index (χ4n) is 1.54. The average molecular weight is 276 g/mol. The summed E-state index contributed by atoms with van der Waals surface area (Å²) in [5.74, 6) is -1.27. The third-order valence-corrected chi connectivity index (χ3v) is 2.51. The van der Waals surface area contributed by atoms with E-state index in [1.165, 1.54) is 12.3 Å². The summed E-state index contributed by atoms with van der Waals surface area (Å²) in [6.45, 7) is 0. The quantitative estimate of drug-likeness (QED) is 0.452. The van der Waals surface area contributed by atoms with Gasteiger partial charge in [-0.05, 0) is 18.2 Å². The van der Waals surface area contributed by atoms with Crippen LogP contribution in [-0.2, 0) is 9.53 Å². The van der Waals surface area contributed by atoms with Gasteiger partial charge in [0.25, 0.3) is 0 Å². The molecule has 0 aliphatic carbocycles. The molecule has 2 rings (SSSR count). The minimum atomic E-state index is -1.46. The Bertz CT molecular complexity index is 639. The summed E-state index contributed by atoms with van der Waals surface area (Å²) in [5.41, 5.74) is 11.3. The van der Waals surface area contributed by atoms with Gasteiger partial charge in [-0.15, -0.1) is 0 Å². The molecule has 0 fully saturated rings. The molecule has 0 aromatic carbocycles. The third-order valence-electron chi connectivity index (χ3n) is 2.51. The number of Topliss-reactive ketones (excluding diaryl/α,β-unsaturated/α-hetero) is 1. The molecule has 0 spiro atoms. The molecule has 8 nitrogen and oxygen atoms in total. The number of hydrogen-bond donors (Lipinski definition) is 2. The fraction of sp³-hybridized carbons (Fsp3) is 0.167. The van der Waals surface area contributed by atoms with Crippen LogP contribution in [0.5, 0.6) is 0 Å². The largest absolute Gasteiger partial charge is 0.468 e. The van der Waals surface area contributed by atoms with Crippen molar-refractivity contribution in [3.8, 4) is 11.5 Å². The lowest BCUT2D eigenvalue weighted by molar-refractivity contribution is -0.140. The number of esters is 1. The van der Waals surface area contributed by atoms with Crippen molar-refractivity contribution in [3.63, 3.8) is 0 Å². The number of carbonyl (C=O) groups excluding carboxylic acids is 2. The molecular weight excluding hydrogens is 264 g/mol. The number of rotatable bonds is 4. The normalized spacial score (nSPS) is 11.9. The van der Waals surface area contributed by atoms with Crippen LogP contribution in [-0.4, -0.2) is 34.9 Å². The number of nitrogen functional groups attached to an aromatic ring is 1. The number of ether oxygens (including phenoxy) is 1. The SMILES string of the molecule is COC(=O)C(N)C(=O)c1cc(-c2ccco2)nc(N)n1. The van der Waals surface area contributed by atoms with Crippen molar-refractivity contribution in [2.24, 2.45) is 5.73 Å². The standard InChI is InChI=1S/C12H12N4O4/c1-19-11(18)9(13)10(17)7-5-6(15-12(14)16-7)8-3-2-4-20-8/h2-5,9H,13H2,1H3,(H2,14,15,16). The van der Waals surface area contributed by atoms with Crippen molar-refractivity contribution in [1.82, 2.24) is 9.97 Å². The van der Waals surface area contributed by atoms with E-state index in [0.717, 1.165) is 7.11 Å². The summed E-state index contributed by atoms with van der Waals surface area (Å²) in [7, 11) is 1.14. The Morgan fingerprint density at radius 1 is 1.40 bits per heavy atom. The van der Waals surface area contributed by atoms with Crippen molar-refractivity contribution in [2.75, 3.05) is 12.8 Å². The maximum Gasteiger partial charge on any atom is 0.330 e. The highest BCUT2D eigenvalue weighted by Crippen LogP contribution is 2.19. The Morgan fingerprint density at radius 3 is 2.75 bits per heavy atom. The number of anilines is 1. The molecule has 4 N–H and O–H groups in total. The molecule has 0 aliphatic rings. The van der Waals surface area contributed by atoms with Gasteiger partial charge in [-0.2, -0.15) is 0 Å². The van der Waals surface area contributed by atoms with Crippen molar-refractivity contribution >= 4 is 17.7 Å². The van der Waals surface area contributed by atoms with E-state index in [1.807, 2.05) is 0 Å². The van der Waals surface area contributed by atoms with Crippen LogP contribution in [0, 0.1) is 0 Å². The Labute approximate surface area is 113 Å². The maximum atomic E-state index is 12.0. The number of aromatic nitrogens is 2. The third kappa shape index (κ3) is 2.64. The predicted octanol–water partition coefficient (Wildman–Crippen LogP) is 0.00180. The van der Waals surface area contributed by atoms with Crippen molar-refractivity contribution in [1.29, 1.82) is 0 Å². The van der Waals surface area contributed by atoms with Crippen LogP contribution in [0.2, 0.25) is 0 Å². The van der Waals surface area contributed by atoms with Gasteiger partial charge in [-0.25, -0.2) is 14.8 Å². The number of furan rings is 1. The molecule has 0 bridgehead atoms. The first-order valence-corrected chi connectivity index (χ1v) is 5.59. The topological polar surface area (TPSA) is 134 Å². The Balaban J connectivity index is 2.38. The smallest absolute Gasteiger partial charge is 0.330 e. The van der Waals surface area contributed by atoms with Gasteiger partial charge in [-0.3, -0.25) is 4.79 Å². The van der Waals surface area contributed by atoms with Crippen molar-refractivity contribution in [2.45, 2.75) is 6.04 Å². The van der Waals surface area contributed by atoms with Gasteiger partial charge >= 0.3 is 5.97 Å². The molecule has 2 aromatic heterocycles. The summed E-state index contributed by atoms with van der Waals surface area (Å²) in [6, 6.07) is 3.20. The van der Waals surface area contributed by atoms with E-state index in [2.05, 4.69) is 14.7 Å². The van der Waals surface area contributed by atoms with Gasteiger partial charge in [0.15, 0.2) is 11.8 Å². The van der Waals surface area contributed by atoms with Gasteiger partial charge in [0.05, 0.1) is 13.4 Å². The molecule has 1 atom stereocenters. The summed E-state index contributed by atoms with van der Waals surface area (Å²) >= 11 is 0. The number of methoxy groups -OCH3 is 1. The first-order valence-electron chi connectivity index (χ1n) is 5.59. The lowest BCUT2D eigenvalue weighted by Gasteiger charge is -2.08. The second kappa shape index (κ2) is 5.49. The van der Waals surface area contributed by atoms with Crippen LogP contribution in [0.1, 0.15) is 10.5 Å². The molecule has 8 heteroatoms. The van der Waals surface area contributed by atoms with Crippen LogP contribution in [0.25, 0.3) is 11.5 Å². The minimum Gasteiger partial charge on any atom is -0.468 e. The first kappa shape index (κ1) is 13.7. The fourth-order valence-corrected chi connectivity index (χ4v) is 1.54. The van der Waals surface area contributed by atoms with E-state index in [-0.39, 0.29) is 11.6 Å². The van der Waals surface area contributed by atoms with E-state index in [4.69, 9.17) is 15.9 Å². The van der Waals surface area contributed by atoms with Crippen LogP contribution < -0.4 is 11.5 Å². The van der Waals surface area contributed by atoms with Gasteiger partial charge in [0.1, 0.15) is 11.4 Å². The van der Waals surface area contributed by atoms with E-state index in [9.17, 15) is 9.59 Å². The van der Waals surface area contributed by atoms with Crippen LogP contribution in [0.4, 0.5) is 5.95 Å². The highest BCUT2D eigenvalue weighted by Gasteiger charge is 2.26. The summed E-state index contributed by atoms with van der Waals surface area (Å²) in [4.78, 5) is 31.0. The number of nitrogens with two attached hydrogens (primary N) is 2. The molecule has 0 radical (unpaired) electrons. The second-order valence-electron chi connectivity index (χ2n) is 3.84. The average Bonchev–Trinajstić information content (AvgIpc) is 2.98. The minimum absolute atomic E-state index is 0.0817. The molecule has 0 saturated heterocycles. The predicted molar refractivity (Wildman–Crippen MR) is 68.5 cm³/mol. The molecule has 20 heavy (non-hydrogen) atoms. The van der Waals surface area contributed by atoms with E-state index >= 15 is 0 Å². The lowest BCUT2D eigenvalue weighted by Crippen LogP contribution is -2.40. The van der Waals surface area contributed by atoms with E-state index in [1.54, 1.807) is 12.1 Å². The van der Waals surface area contributed by atoms with E-state index in [0.29, 0.717) is 11.5 Å². The van der Waals surface area contributed by atoms with Gasteiger partial charge in [0.2, 0.25) is 11.7 Å². The van der Waals surface area contributed by atoms with Crippen LogP contribution in [0.3, 0.4) is 0 Å². The lowest BCUT2D eigenvalue weighted by atomic mass is 10.1. The molecule has 2 aromatic rings. The Hall–Kier alpha value is -2.74. The van der Waals surface area contributed by atoms with Crippen molar-refractivity contribution < 1.29 is 18.7 Å². The van der Waals surface area contributed by atoms with Gasteiger partial charge in [0, 0.05) is 0 Å². The van der Waals surface area contributed by atoms with Crippen molar-refractivity contribution in [3.05, 3.63) is 30.2 Å². The molecule has 0 aliphatic heterocycles. The number of carbonyl (C=O) groups is 2. The number of ketones is 1. The van der Waals surface area contributed by atoms with Crippen LogP contribution >= 0.6 is 0 Å². The molecule has 2 heterocycles. The first-order chi connectivity index (χ1) is 9.52. The molecule has 0 amide bonds. The molecule has 104 valence electrons. The molecular formula is C12H12N4O4. The summed E-state index contributed by atoms with van der Waals surface area (Å²) in [6.07, 6.45) is 1.45. The zero-order valence-corrected chi connectivity index (χ0v) is 10.6. The zero-order valence-electron chi connectivity index (χ0n) is 10.6. The zero-order chi connectivity index (χ0) is 14.7. The summed E-state index contributed by atoms with van der Waals surface area (Å²) in [5, 5.41) is 0. The highest BCUT2D eigenvalue weighted by atomic mass is 16.5. The number of nitrogens with zero attached hydrogens (tertiary/aromatic N) is 2. The molecule has 0 saturated carbocycles. The Morgan fingerprint density at radius 2 is 2.15 bits per heavy atom. The number of hydrogen-bond acceptors (Lipinski definition) is 8. The highest BCUT2D eigenvalue weighted by molar-refractivity contribution is 6.11. The monoisotopic (exact) mass is 276 g/mol. The molecule has 1 unspecified atom stereocenters.